The van der Waals surface area contributed by atoms with Crippen molar-refractivity contribution in [3.8, 4) is 0 Å². The van der Waals surface area contributed by atoms with E-state index in [2.05, 4.69) is 10.2 Å². The zero-order chi connectivity index (χ0) is 14.1. The Kier molecular flexibility index (Phi) is 7.43. The number of nitrogens with zero attached hydrogens (tertiary/aromatic N) is 1. The van der Waals surface area contributed by atoms with E-state index in [0.29, 0.717) is 13.0 Å². The molecule has 109 valence electrons. The molecule has 1 saturated heterocycles. The van der Waals surface area contributed by atoms with Gasteiger partial charge in [-0.15, -0.1) is 0 Å². The quantitative estimate of drug-likeness (QED) is 0.585. The van der Waals surface area contributed by atoms with E-state index >= 15 is 0 Å². The number of morpholine rings is 1. The summed E-state index contributed by atoms with van der Waals surface area (Å²) in [6.07, 6.45) is 2.81. The van der Waals surface area contributed by atoms with E-state index in [1.807, 2.05) is 0 Å². The lowest BCUT2D eigenvalue weighted by Gasteiger charge is -2.26. The molecule has 0 saturated carbocycles. The Morgan fingerprint density at radius 1 is 1.42 bits per heavy atom. The van der Waals surface area contributed by atoms with Crippen molar-refractivity contribution in [2.75, 3.05) is 39.4 Å². The van der Waals surface area contributed by atoms with E-state index < -0.39 is 0 Å². The molecule has 0 aromatic rings. The van der Waals surface area contributed by atoms with Crippen LogP contribution in [0, 0.1) is 12.3 Å². The van der Waals surface area contributed by atoms with E-state index in [0.717, 1.165) is 39.3 Å². The Morgan fingerprint density at radius 3 is 2.74 bits per heavy atom. The first-order valence-corrected chi connectivity index (χ1v) is 6.80. The maximum Gasteiger partial charge on any atom is 0.223 e. The molecular formula is C13H24N3O3. The molecule has 0 aromatic carbocycles. The van der Waals surface area contributed by atoms with Gasteiger partial charge >= 0.3 is 0 Å². The molecule has 2 amide bonds. The summed E-state index contributed by atoms with van der Waals surface area (Å²) >= 11 is 0. The number of carbonyl (C=O) groups excluding carboxylic acids is 2. The monoisotopic (exact) mass is 270 g/mol. The van der Waals surface area contributed by atoms with Gasteiger partial charge in [-0.05, 0) is 19.4 Å². The molecule has 1 aliphatic heterocycles. The van der Waals surface area contributed by atoms with Crippen LogP contribution in [-0.2, 0) is 14.3 Å². The Bertz CT molecular complexity index is 291. The van der Waals surface area contributed by atoms with Crippen LogP contribution < -0.4 is 11.1 Å². The highest BCUT2D eigenvalue weighted by Gasteiger charge is 2.12. The normalized spacial score (nSPS) is 17.9. The Morgan fingerprint density at radius 2 is 2.11 bits per heavy atom. The maximum absolute atomic E-state index is 11.5. The molecular weight excluding hydrogens is 246 g/mol. The van der Waals surface area contributed by atoms with Gasteiger partial charge in [0, 0.05) is 25.6 Å². The van der Waals surface area contributed by atoms with Crippen LogP contribution in [0.25, 0.3) is 0 Å². The second-order valence-corrected chi connectivity index (χ2v) is 4.84. The standard InChI is InChI=1S/C13H24N3O3/c1-11(13(14)18)3-4-12(17)15-5-2-6-16-7-9-19-10-8-16/h4,11H,2-3,5-10H2,1H3,(H2,14,18)(H,15,17)/t11-/m0/s1. The summed E-state index contributed by atoms with van der Waals surface area (Å²) in [7, 11) is 0. The van der Waals surface area contributed by atoms with Crippen LogP contribution >= 0.6 is 0 Å². The highest BCUT2D eigenvalue weighted by molar-refractivity contribution is 5.85. The molecule has 3 N–H and O–H groups in total. The molecule has 0 aliphatic carbocycles. The van der Waals surface area contributed by atoms with Crippen molar-refractivity contribution in [1.82, 2.24) is 10.2 Å². The summed E-state index contributed by atoms with van der Waals surface area (Å²) < 4.78 is 5.26. The second-order valence-electron chi connectivity index (χ2n) is 4.84. The molecule has 0 bridgehead atoms. The van der Waals surface area contributed by atoms with Gasteiger partial charge in [0.15, 0.2) is 0 Å². The third kappa shape index (κ3) is 7.12. The number of hydrogen-bond donors (Lipinski definition) is 2. The number of nitrogens with two attached hydrogens (primary N) is 1. The average molecular weight is 270 g/mol. The van der Waals surface area contributed by atoms with Gasteiger partial charge in [0.05, 0.1) is 19.6 Å². The van der Waals surface area contributed by atoms with Gasteiger partial charge in [-0.2, -0.15) is 0 Å². The summed E-state index contributed by atoms with van der Waals surface area (Å²) in [5.41, 5.74) is 5.12. The van der Waals surface area contributed by atoms with Crippen molar-refractivity contribution in [1.29, 1.82) is 0 Å². The SMILES string of the molecule is C[C@@H](C[CH]C(=O)NCCCN1CCOCC1)C(N)=O. The highest BCUT2D eigenvalue weighted by atomic mass is 16.5. The zero-order valence-electron chi connectivity index (χ0n) is 11.6. The van der Waals surface area contributed by atoms with Crippen LogP contribution in [0.5, 0.6) is 0 Å². The van der Waals surface area contributed by atoms with E-state index in [4.69, 9.17) is 10.5 Å². The lowest BCUT2D eigenvalue weighted by Crippen LogP contribution is -2.38. The number of hydrogen-bond acceptors (Lipinski definition) is 4. The molecule has 0 unspecified atom stereocenters. The molecule has 6 nitrogen and oxygen atoms in total. The molecule has 1 radical (unpaired) electrons. The summed E-state index contributed by atoms with van der Waals surface area (Å²) in [5.74, 6) is -0.800. The van der Waals surface area contributed by atoms with Crippen molar-refractivity contribution in [2.24, 2.45) is 11.7 Å². The third-order valence-electron chi connectivity index (χ3n) is 3.20. The molecule has 6 heteroatoms. The predicted molar refractivity (Wildman–Crippen MR) is 72.2 cm³/mol. The maximum atomic E-state index is 11.5. The van der Waals surface area contributed by atoms with E-state index in [-0.39, 0.29) is 17.7 Å². The summed E-state index contributed by atoms with van der Waals surface area (Å²) in [4.78, 5) is 24.6. The minimum Gasteiger partial charge on any atom is -0.379 e. The number of carbonyl (C=O) groups is 2. The number of ether oxygens (including phenoxy) is 1. The summed E-state index contributed by atoms with van der Waals surface area (Å²) in [5, 5.41) is 2.81. The zero-order valence-corrected chi connectivity index (χ0v) is 11.6. The Balaban J connectivity index is 1.99. The fourth-order valence-electron chi connectivity index (χ4n) is 1.81. The van der Waals surface area contributed by atoms with E-state index in [9.17, 15) is 9.59 Å². The smallest absolute Gasteiger partial charge is 0.223 e. The molecule has 1 heterocycles. The van der Waals surface area contributed by atoms with Gasteiger partial charge in [-0.3, -0.25) is 14.5 Å². The van der Waals surface area contributed by atoms with E-state index in [1.165, 1.54) is 6.42 Å². The topological polar surface area (TPSA) is 84.7 Å². The second kappa shape index (κ2) is 8.87. The Hall–Kier alpha value is -1.14. The number of rotatable bonds is 8. The first-order chi connectivity index (χ1) is 9.09. The molecule has 1 rings (SSSR count). The summed E-state index contributed by atoms with van der Waals surface area (Å²) in [6.45, 7) is 6.87. The van der Waals surface area contributed by atoms with Crippen LogP contribution in [0.3, 0.4) is 0 Å². The fourth-order valence-corrected chi connectivity index (χ4v) is 1.81. The fraction of sp³-hybridized carbons (Fsp3) is 0.769. The largest absolute Gasteiger partial charge is 0.379 e. The van der Waals surface area contributed by atoms with Crippen LogP contribution in [0.2, 0.25) is 0 Å². The van der Waals surface area contributed by atoms with Gasteiger partial charge in [0.25, 0.3) is 0 Å². The van der Waals surface area contributed by atoms with Crippen LogP contribution in [-0.4, -0.2) is 56.1 Å². The summed E-state index contributed by atoms with van der Waals surface area (Å²) in [6, 6.07) is 0. The van der Waals surface area contributed by atoms with Gasteiger partial charge in [-0.1, -0.05) is 6.92 Å². The minimum atomic E-state index is -0.378. The highest BCUT2D eigenvalue weighted by Crippen LogP contribution is 2.03. The molecule has 1 fully saturated rings. The number of nitrogens with one attached hydrogen (secondary N) is 1. The van der Waals surface area contributed by atoms with Crippen LogP contribution in [0.15, 0.2) is 0 Å². The van der Waals surface area contributed by atoms with Crippen LogP contribution in [0.4, 0.5) is 0 Å². The van der Waals surface area contributed by atoms with Crippen molar-refractivity contribution in [3.05, 3.63) is 6.42 Å². The first kappa shape index (κ1) is 15.9. The molecule has 1 aliphatic rings. The van der Waals surface area contributed by atoms with Crippen molar-refractivity contribution >= 4 is 11.8 Å². The van der Waals surface area contributed by atoms with Gasteiger partial charge < -0.3 is 15.8 Å². The number of amides is 2. The van der Waals surface area contributed by atoms with Gasteiger partial charge in [0.2, 0.25) is 11.8 Å². The molecule has 19 heavy (non-hydrogen) atoms. The van der Waals surface area contributed by atoms with Gasteiger partial charge in [0.1, 0.15) is 0 Å². The van der Waals surface area contributed by atoms with Crippen molar-refractivity contribution in [3.63, 3.8) is 0 Å². The molecule has 0 aromatic heterocycles. The lowest BCUT2D eigenvalue weighted by atomic mass is 10.1. The molecule has 0 spiro atoms. The van der Waals surface area contributed by atoms with Crippen LogP contribution in [0.1, 0.15) is 19.8 Å². The number of primary amides is 1. The third-order valence-corrected chi connectivity index (χ3v) is 3.20. The Labute approximate surface area is 114 Å². The predicted octanol–water partition coefficient (Wildman–Crippen LogP) is -0.459. The lowest BCUT2D eigenvalue weighted by molar-refractivity contribution is -0.121. The molecule has 1 atom stereocenters. The average Bonchev–Trinajstić information content (AvgIpc) is 2.42. The van der Waals surface area contributed by atoms with E-state index in [1.54, 1.807) is 6.92 Å². The van der Waals surface area contributed by atoms with Gasteiger partial charge in [-0.25, -0.2) is 0 Å². The van der Waals surface area contributed by atoms with Crippen molar-refractivity contribution in [2.45, 2.75) is 19.8 Å². The minimum absolute atomic E-state index is 0.130. The van der Waals surface area contributed by atoms with Crippen molar-refractivity contribution < 1.29 is 14.3 Å². The first-order valence-electron chi connectivity index (χ1n) is 6.80.